The first-order valence-electron chi connectivity index (χ1n) is 10.2. The molecule has 2 N–H and O–H groups in total. The fraction of sp³-hybridized carbons (Fsp3) is 0.478. The number of aromatic nitrogens is 4. The van der Waals surface area contributed by atoms with Gasteiger partial charge in [0, 0.05) is 36.1 Å². The normalized spacial score (nSPS) is 13.0. The van der Waals surface area contributed by atoms with E-state index in [1.807, 2.05) is 32.4 Å². The second-order valence-corrected chi connectivity index (χ2v) is 8.44. The Morgan fingerprint density at radius 2 is 2.00 bits per heavy atom. The maximum absolute atomic E-state index is 9.96. The molecule has 5 nitrogen and oxygen atoms in total. The Kier molecular flexibility index (Phi) is 6.68. The van der Waals surface area contributed by atoms with E-state index in [1.165, 1.54) is 11.3 Å². The molecular formula is C23H32N4O. The summed E-state index contributed by atoms with van der Waals surface area (Å²) in [5.74, 6) is 0.535. The van der Waals surface area contributed by atoms with Gasteiger partial charge in [0.25, 0.3) is 0 Å². The molecule has 0 amide bonds. The molecule has 0 saturated heterocycles. The van der Waals surface area contributed by atoms with E-state index in [-0.39, 0.29) is 0 Å². The zero-order valence-electron chi connectivity index (χ0n) is 17.2. The third-order valence-electron chi connectivity index (χ3n) is 5.20. The van der Waals surface area contributed by atoms with Crippen LogP contribution in [0, 0.1) is 5.92 Å². The molecule has 0 unspecified atom stereocenters. The molecule has 0 radical (unpaired) electrons. The number of nitrogens with zero attached hydrogens (tertiary/aromatic N) is 3. The molecule has 0 saturated carbocycles. The van der Waals surface area contributed by atoms with E-state index in [4.69, 9.17) is 4.98 Å². The van der Waals surface area contributed by atoms with Crippen molar-refractivity contribution in [3.8, 4) is 11.3 Å². The van der Waals surface area contributed by atoms with Gasteiger partial charge >= 0.3 is 0 Å². The summed E-state index contributed by atoms with van der Waals surface area (Å²) in [7, 11) is 0. The average Bonchev–Trinajstić information content (AvgIpc) is 3.29. The quantitative estimate of drug-likeness (QED) is 0.539. The Balaban J connectivity index is 1.74. The van der Waals surface area contributed by atoms with Crippen LogP contribution < -0.4 is 0 Å². The van der Waals surface area contributed by atoms with Crippen molar-refractivity contribution in [1.82, 2.24) is 19.5 Å². The average molecular weight is 381 g/mol. The van der Waals surface area contributed by atoms with Gasteiger partial charge in [0.2, 0.25) is 0 Å². The second-order valence-electron chi connectivity index (χ2n) is 8.44. The minimum absolute atomic E-state index is 0.535. The van der Waals surface area contributed by atoms with Crippen LogP contribution in [0.25, 0.3) is 11.3 Å². The smallest absolute Gasteiger partial charge is 0.0956 e. The number of benzene rings is 1. The number of hydrogen-bond donors (Lipinski definition) is 2. The van der Waals surface area contributed by atoms with Crippen LogP contribution in [0.15, 0.2) is 49.2 Å². The topological polar surface area (TPSA) is 66.7 Å². The summed E-state index contributed by atoms with van der Waals surface area (Å²) < 4.78 is 2.29. The minimum Gasteiger partial charge on any atom is -0.390 e. The van der Waals surface area contributed by atoms with Crippen LogP contribution in [-0.2, 0) is 19.4 Å². The Morgan fingerprint density at radius 1 is 1.21 bits per heavy atom. The van der Waals surface area contributed by atoms with Gasteiger partial charge in [-0.15, -0.1) is 0 Å². The largest absolute Gasteiger partial charge is 0.390 e. The summed E-state index contributed by atoms with van der Waals surface area (Å²) in [5, 5.41) is 9.96. The third kappa shape index (κ3) is 5.80. The van der Waals surface area contributed by atoms with Gasteiger partial charge in [0.05, 0.1) is 23.9 Å². The summed E-state index contributed by atoms with van der Waals surface area (Å²) in [5.41, 5.74) is 4.10. The summed E-state index contributed by atoms with van der Waals surface area (Å²) in [6.45, 7) is 6.95. The number of aromatic amines is 1. The van der Waals surface area contributed by atoms with Crippen molar-refractivity contribution < 1.29 is 5.11 Å². The molecular weight excluding hydrogens is 348 g/mol. The van der Waals surface area contributed by atoms with E-state index >= 15 is 0 Å². The number of rotatable bonds is 10. The molecule has 5 heteroatoms. The number of nitrogens with one attached hydrogen (secondary N) is 1. The van der Waals surface area contributed by atoms with Gasteiger partial charge in [-0.05, 0) is 32.6 Å². The lowest BCUT2D eigenvalue weighted by molar-refractivity contribution is 0.0670. The van der Waals surface area contributed by atoms with Crippen LogP contribution >= 0.6 is 0 Å². The van der Waals surface area contributed by atoms with Crippen molar-refractivity contribution in [3.05, 3.63) is 60.6 Å². The third-order valence-corrected chi connectivity index (χ3v) is 5.20. The Hall–Kier alpha value is -2.40. The minimum atomic E-state index is -0.583. The molecule has 1 aromatic carbocycles. The summed E-state index contributed by atoms with van der Waals surface area (Å²) in [6, 6.07) is 10.4. The maximum atomic E-state index is 9.96. The predicted molar refractivity (Wildman–Crippen MR) is 113 cm³/mol. The molecule has 0 spiro atoms. The van der Waals surface area contributed by atoms with Crippen molar-refractivity contribution in [2.45, 2.75) is 65.0 Å². The summed E-state index contributed by atoms with van der Waals surface area (Å²) in [4.78, 5) is 12.0. The summed E-state index contributed by atoms with van der Waals surface area (Å²) >= 11 is 0. The van der Waals surface area contributed by atoms with Crippen LogP contribution in [-0.4, -0.2) is 30.2 Å². The van der Waals surface area contributed by atoms with E-state index in [2.05, 4.69) is 45.7 Å². The maximum Gasteiger partial charge on any atom is 0.0956 e. The molecule has 0 aliphatic rings. The molecule has 2 aromatic heterocycles. The van der Waals surface area contributed by atoms with Crippen LogP contribution in [0.2, 0.25) is 0 Å². The first-order chi connectivity index (χ1) is 13.4. The lowest BCUT2D eigenvalue weighted by Crippen LogP contribution is -2.18. The monoisotopic (exact) mass is 380 g/mol. The number of imidazole rings is 2. The lowest BCUT2D eigenvalue weighted by atomic mass is 9.93. The van der Waals surface area contributed by atoms with Crippen molar-refractivity contribution in [2.24, 2.45) is 5.92 Å². The zero-order chi connectivity index (χ0) is 20.0. The van der Waals surface area contributed by atoms with Crippen LogP contribution in [0.3, 0.4) is 0 Å². The van der Waals surface area contributed by atoms with E-state index in [0.29, 0.717) is 5.92 Å². The van der Waals surface area contributed by atoms with Crippen molar-refractivity contribution >= 4 is 0 Å². The van der Waals surface area contributed by atoms with Crippen LogP contribution in [0.4, 0.5) is 0 Å². The first kappa shape index (κ1) is 20.3. The fourth-order valence-corrected chi connectivity index (χ4v) is 3.63. The van der Waals surface area contributed by atoms with Crippen molar-refractivity contribution in [2.75, 3.05) is 0 Å². The van der Waals surface area contributed by atoms with Gasteiger partial charge in [0.15, 0.2) is 0 Å². The van der Waals surface area contributed by atoms with E-state index in [0.717, 1.165) is 50.0 Å². The van der Waals surface area contributed by atoms with Crippen LogP contribution in [0.5, 0.6) is 0 Å². The van der Waals surface area contributed by atoms with Gasteiger partial charge < -0.3 is 14.7 Å². The Morgan fingerprint density at radius 3 is 2.68 bits per heavy atom. The second kappa shape index (κ2) is 9.20. The standard InChI is InChI=1S/C23H32N4O/c1-18(8-7-12-23(2,3)28)14-21-22(19-9-5-4-6-10-19)26-17-27(21)13-11-20-15-24-16-25-20/h4-6,9-10,15-18,28H,7-8,11-14H2,1-3H3,(H,24,25)/t18-/m1/s1. The van der Waals surface area contributed by atoms with E-state index in [9.17, 15) is 5.11 Å². The number of aryl methyl sites for hydroxylation is 2. The fourth-order valence-electron chi connectivity index (χ4n) is 3.63. The van der Waals surface area contributed by atoms with Gasteiger partial charge in [0.1, 0.15) is 0 Å². The predicted octanol–water partition coefficient (Wildman–Crippen LogP) is 4.64. The highest BCUT2D eigenvalue weighted by molar-refractivity contribution is 5.61. The molecule has 28 heavy (non-hydrogen) atoms. The van der Waals surface area contributed by atoms with Crippen molar-refractivity contribution in [3.63, 3.8) is 0 Å². The highest BCUT2D eigenvalue weighted by Crippen LogP contribution is 2.26. The molecule has 2 heterocycles. The summed E-state index contributed by atoms with van der Waals surface area (Å²) in [6.07, 6.45) is 10.4. The zero-order valence-corrected chi connectivity index (χ0v) is 17.2. The highest BCUT2D eigenvalue weighted by Gasteiger charge is 2.17. The molecule has 3 rings (SSSR count). The molecule has 0 aliphatic carbocycles. The lowest BCUT2D eigenvalue weighted by Gasteiger charge is -2.19. The number of H-pyrrole nitrogens is 1. The Labute approximate surface area is 167 Å². The van der Waals surface area contributed by atoms with Crippen molar-refractivity contribution in [1.29, 1.82) is 0 Å². The van der Waals surface area contributed by atoms with E-state index in [1.54, 1.807) is 6.33 Å². The highest BCUT2D eigenvalue weighted by atomic mass is 16.3. The molecule has 0 aliphatic heterocycles. The molecule has 1 atom stereocenters. The molecule has 3 aromatic rings. The van der Waals surface area contributed by atoms with E-state index < -0.39 is 5.60 Å². The Bertz CT molecular complexity index is 831. The van der Waals surface area contributed by atoms with Crippen LogP contribution in [0.1, 0.15) is 51.4 Å². The molecule has 150 valence electrons. The molecule has 0 fully saturated rings. The number of aliphatic hydroxyl groups is 1. The molecule has 0 bridgehead atoms. The van der Waals surface area contributed by atoms with Gasteiger partial charge in [-0.1, -0.05) is 50.1 Å². The first-order valence-corrected chi connectivity index (χ1v) is 10.2. The SMILES string of the molecule is C[C@H](CCCC(C)(C)O)Cc1c(-c2ccccc2)ncn1CCc1cnc[nH]1. The van der Waals surface area contributed by atoms with Gasteiger partial charge in [-0.25, -0.2) is 9.97 Å². The van der Waals surface area contributed by atoms with Gasteiger partial charge in [-0.3, -0.25) is 0 Å². The number of hydrogen-bond acceptors (Lipinski definition) is 3. The van der Waals surface area contributed by atoms with Gasteiger partial charge in [-0.2, -0.15) is 0 Å².